The molecule has 0 radical (unpaired) electrons. The second kappa shape index (κ2) is 4.86. The van der Waals surface area contributed by atoms with E-state index in [4.69, 9.17) is 0 Å². The Morgan fingerprint density at radius 1 is 0.909 bits per heavy atom. The van der Waals surface area contributed by atoms with Gasteiger partial charge in [0.05, 0.1) is 4.90 Å². The lowest BCUT2D eigenvalue weighted by Gasteiger charge is -2.35. The van der Waals surface area contributed by atoms with Crippen molar-refractivity contribution in [1.29, 1.82) is 0 Å². The fourth-order valence-electron chi connectivity index (χ4n) is 3.87. The number of sulfonamides is 1. The number of rotatable bonds is 2. The molecule has 2 atom stereocenters. The molecular weight excluding hydrogens is 308 g/mol. The standard InChI is InChI=1S/C16H17F2NO2S/c17-12-7-13(18)9-16(8-12)22(20,21)19-14-3-4-15(19)6-11(5-14)10-1-2-10/h7-9,14-15H,1-6H2. The Balaban J connectivity index is 1.70. The van der Waals surface area contributed by atoms with E-state index >= 15 is 0 Å². The number of fused-ring (bicyclic) bond motifs is 2. The van der Waals surface area contributed by atoms with Crippen molar-refractivity contribution in [2.45, 2.75) is 55.5 Å². The quantitative estimate of drug-likeness (QED) is 0.782. The van der Waals surface area contributed by atoms with Gasteiger partial charge in [0.25, 0.3) is 0 Å². The molecule has 0 N–H and O–H groups in total. The zero-order valence-corrected chi connectivity index (χ0v) is 12.9. The van der Waals surface area contributed by atoms with E-state index in [0.717, 1.165) is 50.7 Å². The van der Waals surface area contributed by atoms with Crippen molar-refractivity contribution in [1.82, 2.24) is 4.31 Å². The molecule has 2 bridgehead atoms. The normalized spacial score (nSPS) is 28.3. The minimum atomic E-state index is -3.84. The maximum Gasteiger partial charge on any atom is 0.243 e. The van der Waals surface area contributed by atoms with E-state index in [1.165, 1.54) is 15.5 Å². The Hall–Kier alpha value is -1.27. The molecule has 6 heteroatoms. The molecule has 0 spiro atoms. The molecule has 2 unspecified atom stereocenters. The van der Waals surface area contributed by atoms with Gasteiger partial charge in [0.1, 0.15) is 11.6 Å². The zero-order valence-electron chi connectivity index (χ0n) is 12.1. The summed E-state index contributed by atoms with van der Waals surface area (Å²) in [6.07, 6.45) is 5.52. The number of hydrogen-bond donors (Lipinski definition) is 0. The van der Waals surface area contributed by atoms with Gasteiger partial charge < -0.3 is 0 Å². The second-order valence-electron chi connectivity index (χ2n) is 6.44. The maximum atomic E-state index is 13.4. The van der Waals surface area contributed by atoms with Crippen molar-refractivity contribution in [2.24, 2.45) is 0 Å². The van der Waals surface area contributed by atoms with Crippen molar-refractivity contribution in [3.63, 3.8) is 0 Å². The summed E-state index contributed by atoms with van der Waals surface area (Å²) in [7, 11) is -3.84. The second-order valence-corrected chi connectivity index (χ2v) is 8.28. The Morgan fingerprint density at radius 3 is 1.95 bits per heavy atom. The summed E-state index contributed by atoms with van der Waals surface area (Å²) in [5.41, 5.74) is 2.91. The van der Waals surface area contributed by atoms with Gasteiger partial charge in [-0.3, -0.25) is 0 Å². The minimum Gasteiger partial charge on any atom is -0.207 e. The van der Waals surface area contributed by atoms with Crippen LogP contribution in [0.1, 0.15) is 38.5 Å². The predicted octanol–water partition coefficient (Wildman–Crippen LogP) is 3.37. The van der Waals surface area contributed by atoms with E-state index in [2.05, 4.69) is 0 Å². The highest BCUT2D eigenvalue weighted by molar-refractivity contribution is 7.89. The van der Waals surface area contributed by atoms with Crippen LogP contribution in [0.15, 0.2) is 34.2 Å². The van der Waals surface area contributed by atoms with Crippen molar-refractivity contribution < 1.29 is 17.2 Å². The van der Waals surface area contributed by atoms with Crippen LogP contribution in [0.3, 0.4) is 0 Å². The third-order valence-electron chi connectivity index (χ3n) is 4.93. The van der Waals surface area contributed by atoms with Gasteiger partial charge in [-0.15, -0.1) is 0 Å². The first-order valence-corrected chi connectivity index (χ1v) is 9.08. The molecule has 118 valence electrons. The summed E-state index contributed by atoms with van der Waals surface area (Å²) in [6, 6.07) is 2.40. The first kappa shape index (κ1) is 14.3. The van der Waals surface area contributed by atoms with Crippen LogP contribution >= 0.6 is 0 Å². The van der Waals surface area contributed by atoms with Crippen LogP contribution in [0.4, 0.5) is 8.78 Å². The van der Waals surface area contributed by atoms with Gasteiger partial charge >= 0.3 is 0 Å². The number of nitrogens with zero attached hydrogens (tertiary/aromatic N) is 1. The summed E-state index contributed by atoms with van der Waals surface area (Å²) >= 11 is 0. The number of piperidine rings is 1. The van der Waals surface area contributed by atoms with Crippen molar-refractivity contribution in [2.75, 3.05) is 0 Å². The smallest absolute Gasteiger partial charge is 0.207 e. The monoisotopic (exact) mass is 325 g/mol. The molecule has 1 saturated carbocycles. The Morgan fingerprint density at radius 2 is 1.45 bits per heavy atom. The third kappa shape index (κ3) is 2.29. The molecular formula is C16H17F2NO2S. The summed E-state index contributed by atoms with van der Waals surface area (Å²) in [6.45, 7) is 0. The predicted molar refractivity (Wildman–Crippen MR) is 77.7 cm³/mol. The molecule has 4 rings (SSSR count). The van der Waals surface area contributed by atoms with E-state index in [0.29, 0.717) is 6.07 Å². The highest BCUT2D eigenvalue weighted by Crippen LogP contribution is 2.46. The minimum absolute atomic E-state index is 0.0572. The van der Waals surface area contributed by atoms with E-state index in [9.17, 15) is 17.2 Å². The molecule has 0 aromatic heterocycles. The maximum absolute atomic E-state index is 13.4. The Kier molecular flexibility index (Phi) is 3.17. The summed E-state index contributed by atoms with van der Waals surface area (Å²) in [5, 5.41) is 0. The van der Waals surface area contributed by atoms with E-state index < -0.39 is 21.7 Å². The van der Waals surface area contributed by atoms with Crippen LogP contribution in [-0.2, 0) is 10.0 Å². The molecule has 1 aromatic carbocycles. The van der Waals surface area contributed by atoms with Crippen molar-refractivity contribution in [3.8, 4) is 0 Å². The van der Waals surface area contributed by atoms with Crippen LogP contribution in [0.25, 0.3) is 0 Å². The van der Waals surface area contributed by atoms with Crippen molar-refractivity contribution >= 4 is 10.0 Å². The molecule has 3 fully saturated rings. The molecule has 3 nitrogen and oxygen atoms in total. The van der Waals surface area contributed by atoms with Gasteiger partial charge in [-0.05, 0) is 50.7 Å². The highest BCUT2D eigenvalue weighted by Gasteiger charge is 2.46. The third-order valence-corrected chi connectivity index (χ3v) is 6.91. The number of allylic oxidation sites excluding steroid dienone is 1. The highest BCUT2D eigenvalue weighted by atomic mass is 32.2. The van der Waals surface area contributed by atoms with Gasteiger partial charge in [-0.25, -0.2) is 17.2 Å². The van der Waals surface area contributed by atoms with Gasteiger partial charge in [-0.2, -0.15) is 4.31 Å². The molecule has 2 heterocycles. The Bertz CT molecular complexity index is 730. The zero-order chi connectivity index (χ0) is 15.5. The molecule has 3 aliphatic rings. The van der Waals surface area contributed by atoms with E-state index in [-0.39, 0.29) is 17.0 Å². The van der Waals surface area contributed by atoms with Crippen LogP contribution < -0.4 is 0 Å². The van der Waals surface area contributed by atoms with Gasteiger partial charge in [0.2, 0.25) is 10.0 Å². The van der Waals surface area contributed by atoms with Crippen LogP contribution in [-0.4, -0.2) is 24.8 Å². The van der Waals surface area contributed by atoms with Gasteiger partial charge in [0, 0.05) is 18.2 Å². The average Bonchev–Trinajstić information content (AvgIpc) is 3.23. The van der Waals surface area contributed by atoms with Crippen LogP contribution in [0, 0.1) is 11.6 Å². The Labute approximate surface area is 128 Å². The molecule has 1 aromatic rings. The summed E-state index contributed by atoms with van der Waals surface area (Å²) < 4.78 is 53.9. The van der Waals surface area contributed by atoms with Crippen LogP contribution in [0.5, 0.6) is 0 Å². The SMILES string of the molecule is O=S(=O)(c1cc(F)cc(F)c1)N1C2CCC1CC(=C1CC1)C2. The van der Waals surface area contributed by atoms with E-state index in [1.807, 2.05) is 0 Å². The van der Waals surface area contributed by atoms with Gasteiger partial charge in [0.15, 0.2) is 0 Å². The fourth-order valence-corrected chi connectivity index (χ4v) is 5.78. The van der Waals surface area contributed by atoms with Crippen LogP contribution in [0.2, 0.25) is 0 Å². The molecule has 2 saturated heterocycles. The first-order chi connectivity index (χ1) is 10.4. The average molecular weight is 325 g/mol. The number of halogens is 2. The largest absolute Gasteiger partial charge is 0.243 e. The topological polar surface area (TPSA) is 37.4 Å². The molecule has 0 amide bonds. The fraction of sp³-hybridized carbons (Fsp3) is 0.500. The lowest BCUT2D eigenvalue weighted by atomic mass is 9.98. The van der Waals surface area contributed by atoms with Gasteiger partial charge in [-0.1, -0.05) is 11.1 Å². The summed E-state index contributed by atoms with van der Waals surface area (Å²) in [5.74, 6) is -1.72. The lowest BCUT2D eigenvalue weighted by molar-refractivity contribution is 0.284. The molecule has 1 aliphatic carbocycles. The van der Waals surface area contributed by atoms with Crippen molar-refractivity contribution in [3.05, 3.63) is 41.0 Å². The molecule has 2 aliphatic heterocycles. The molecule has 22 heavy (non-hydrogen) atoms. The number of benzene rings is 1. The lowest BCUT2D eigenvalue weighted by Crippen LogP contribution is -2.44. The summed E-state index contributed by atoms with van der Waals surface area (Å²) in [4.78, 5) is -0.274. The van der Waals surface area contributed by atoms with E-state index in [1.54, 1.807) is 0 Å². The first-order valence-electron chi connectivity index (χ1n) is 7.64. The number of hydrogen-bond acceptors (Lipinski definition) is 2.